The van der Waals surface area contributed by atoms with Gasteiger partial charge in [0.05, 0.1) is 11.4 Å². The van der Waals surface area contributed by atoms with Crippen LogP contribution in [0.15, 0.2) is 71.2 Å². The van der Waals surface area contributed by atoms with Crippen molar-refractivity contribution in [3.8, 4) is 0 Å². The molecule has 0 aromatic heterocycles. The fourth-order valence-corrected chi connectivity index (χ4v) is 1.01. The highest BCUT2D eigenvalue weighted by atomic mass is 15.1. The Morgan fingerprint density at radius 3 is 2.65 bits per heavy atom. The Balaban J connectivity index is 2.53. The Bertz CT molecular complexity index is 441. The summed E-state index contributed by atoms with van der Waals surface area (Å²) in [5.74, 6) is 0. The third kappa shape index (κ3) is 5.32. The number of rotatable bonds is 5. The number of hydrogen-bond donors (Lipinski definition) is 2. The number of hydrogen-bond acceptors (Lipinski definition) is 4. The van der Waals surface area contributed by atoms with E-state index in [9.17, 15) is 0 Å². The van der Waals surface area contributed by atoms with Gasteiger partial charge in [-0.3, -0.25) is 0 Å². The first-order chi connectivity index (χ1) is 8.22. The first-order valence-corrected chi connectivity index (χ1v) is 5.19. The van der Waals surface area contributed by atoms with Gasteiger partial charge in [-0.15, -0.1) is 0 Å². The van der Waals surface area contributed by atoms with Crippen molar-refractivity contribution in [2.24, 2.45) is 10.2 Å². The number of nitrogen functional groups attached to an aromatic ring is 1. The average Bonchev–Trinajstić information content (AvgIpc) is 2.34. The van der Waals surface area contributed by atoms with Crippen molar-refractivity contribution in [1.82, 2.24) is 5.32 Å². The molecule has 0 fully saturated rings. The topological polar surface area (TPSA) is 62.8 Å². The van der Waals surface area contributed by atoms with E-state index in [4.69, 9.17) is 5.73 Å². The van der Waals surface area contributed by atoms with Crippen LogP contribution in [0, 0.1) is 0 Å². The van der Waals surface area contributed by atoms with Gasteiger partial charge in [-0.1, -0.05) is 12.7 Å². The number of anilines is 1. The summed E-state index contributed by atoms with van der Waals surface area (Å²) in [6, 6.07) is 7.17. The highest BCUT2D eigenvalue weighted by Gasteiger charge is 1.88. The number of azo groups is 1. The Hall–Kier alpha value is -2.36. The molecule has 0 bridgehead atoms. The highest BCUT2D eigenvalue weighted by molar-refractivity contribution is 5.47. The minimum absolute atomic E-state index is 0.586. The molecule has 0 radical (unpaired) electrons. The molecular weight excluding hydrogens is 212 g/mol. The third-order valence-electron chi connectivity index (χ3n) is 1.85. The zero-order valence-corrected chi connectivity index (χ0v) is 9.80. The molecule has 1 rings (SSSR count). The summed E-state index contributed by atoms with van der Waals surface area (Å²) in [4.78, 5) is 0. The van der Waals surface area contributed by atoms with Gasteiger partial charge in [0.25, 0.3) is 0 Å². The summed E-state index contributed by atoms with van der Waals surface area (Å²) in [5, 5.41) is 10.9. The van der Waals surface area contributed by atoms with Gasteiger partial charge in [-0.2, -0.15) is 10.2 Å². The van der Waals surface area contributed by atoms with Crippen LogP contribution in [0.3, 0.4) is 0 Å². The normalized spacial score (nSPS) is 11.6. The molecule has 0 aliphatic rings. The standard InChI is InChI=1S/C13H16N4/c1-11(5-3-4-10-15-2)16-17-13-8-6-12(14)7-9-13/h3-10,15H,1,14H2,2H3/b5-3-,10-4-,17-16+. The number of nitrogens with two attached hydrogens (primary N) is 1. The van der Waals surface area contributed by atoms with E-state index in [2.05, 4.69) is 22.1 Å². The fraction of sp³-hybridized carbons (Fsp3) is 0.0769. The molecular formula is C13H16N4. The van der Waals surface area contributed by atoms with Crippen molar-refractivity contribution in [1.29, 1.82) is 0 Å². The second-order valence-corrected chi connectivity index (χ2v) is 3.29. The van der Waals surface area contributed by atoms with Gasteiger partial charge in [0, 0.05) is 12.7 Å². The highest BCUT2D eigenvalue weighted by Crippen LogP contribution is 2.15. The summed E-state index contributed by atoms with van der Waals surface area (Å²) in [7, 11) is 1.83. The van der Waals surface area contributed by atoms with Crippen molar-refractivity contribution >= 4 is 11.4 Å². The van der Waals surface area contributed by atoms with E-state index in [1.807, 2.05) is 19.2 Å². The summed E-state index contributed by atoms with van der Waals surface area (Å²) in [6.45, 7) is 3.76. The van der Waals surface area contributed by atoms with Crippen molar-refractivity contribution in [3.05, 3.63) is 61.0 Å². The fourth-order valence-electron chi connectivity index (χ4n) is 1.01. The lowest BCUT2D eigenvalue weighted by Crippen LogP contribution is -1.89. The van der Waals surface area contributed by atoms with Crippen LogP contribution in [0.2, 0.25) is 0 Å². The zero-order valence-electron chi connectivity index (χ0n) is 9.80. The number of allylic oxidation sites excluding steroid dienone is 3. The number of nitrogens with zero attached hydrogens (tertiary/aromatic N) is 2. The predicted octanol–water partition coefficient (Wildman–Crippen LogP) is 3.16. The lowest BCUT2D eigenvalue weighted by atomic mass is 10.3. The van der Waals surface area contributed by atoms with Crippen molar-refractivity contribution in [2.75, 3.05) is 12.8 Å². The van der Waals surface area contributed by atoms with Gasteiger partial charge in [0.1, 0.15) is 0 Å². The van der Waals surface area contributed by atoms with Crippen LogP contribution in [-0.4, -0.2) is 7.05 Å². The van der Waals surface area contributed by atoms with Gasteiger partial charge >= 0.3 is 0 Å². The molecule has 0 aliphatic carbocycles. The van der Waals surface area contributed by atoms with Gasteiger partial charge in [0.15, 0.2) is 0 Å². The van der Waals surface area contributed by atoms with Crippen molar-refractivity contribution in [2.45, 2.75) is 0 Å². The molecule has 1 aromatic rings. The molecule has 3 N–H and O–H groups in total. The van der Waals surface area contributed by atoms with Crippen LogP contribution in [-0.2, 0) is 0 Å². The Labute approximate surface area is 101 Å². The molecule has 1 aromatic carbocycles. The molecule has 0 saturated carbocycles. The van der Waals surface area contributed by atoms with Gasteiger partial charge < -0.3 is 11.1 Å². The van der Waals surface area contributed by atoms with Gasteiger partial charge in [0.2, 0.25) is 0 Å². The summed E-state index contributed by atoms with van der Waals surface area (Å²) in [5.41, 5.74) is 7.61. The minimum atomic E-state index is 0.586. The molecule has 0 saturated heterocycles. The monoisotopic (exact) mass is 228 g/mol. The van der Waals surface area contributed by atoms with Crippen molar-refractivity contribution in [3.63, 3.8) is 0 Å². The van der Waals surface area contributed by atoms with E-state index in [0.29, 0.717) is 11.4 Å². The van der Waals surface area contributed by atoms with Crippen LogP contribution in [0.5, 0.6) is 0 Å². The molecule has 0 aliphatic heterocycles. The Kier molecular flexibility index (Phi) is 5.24. The van der Waals surface area contributed by atoms with Crippen LogP contribution in [0.25, 0.3) is 0 Å². The van der Waals surface area contributed by atoms with E-state index in [0.717, 1.165) is 5.69 Å². The zero-order chi connectivity index (χ0) is 12.5. The number of nitrogens with one attached hydrogen (secondary N) is 1. The second kappa shape index (κ2) is 7.00. The first kappa shape index (κ1) is 12.7. The van der Waals surface area contributed by atoms with E-state index in [1.165, 1.54) is 0 Å². The van der Waals surface area contributed by atoms with Gasteiger partial charge in [-0.25, -0.2) is 0 Å². The maximum Gasteiger partial charge on any atom is 0.0858 e. The van der Waals surface area contributed by atoms with Crippen LogP contribution >= 0.6 is 0 Å². The largest absolute Gasteiger partial charge is 0.399 e. The van der Waals surface area contributed by atoms with E-state index in [1.54, 1.807) is 36.5 Å². The summed E-state index contributed by atoms with van der Waals surface area (Å²) in [6.07, 6.45) is 7.26. The molecule has 0 spiro atoms. The lowest BCUT2D eigenvalue weighted by Gasteiger charge is -1.93. The van der Waals surface area contributed by atoms with Crippen LogP contribution < -0.4 is 11.1 Å². The molecule has 17 heavy (non-hydrogen) atoms. The maximum absolute atomic E-state index is 5.56. The van der Waals surface area contributed by atoms with Gasteiger partial charge in [-0.05, 0) is 42.6 Å². The first-order valence-electron chi connectivity index (χ1n) is 5.19. The van der Waals surface area contributed by atoms with E-state index < -0.39 is 0 Å². The predicted molar refractivity (Wildman–Crippen MR) is 71.9 cm³/mol. The van der Waals surface area contributed by atoms with Crippen LogP contribution in [0.1, 0.15) is 0 Å². The van der Waals surface area contributed by atoms with E-state index in [-0.39, 0.29) is 0 Å². The molecule has 4 heteroatoms. The molecule has 0 unspecified atom stereocenters. The number of benzene rings is 1. The second-order valence-electron chi connectivity index (χ2n) is 3.29. The third-order valence-corrected chi connectivity index (χ3v) is 1.85. The average molecular weight is 228 g/mol. The van der Waals surface area contributed by atoms with Crippen LogP contribution in [0.4, 0.5) is 11.4 Å². The summed E-state index contributed by atoms with van der Waals surface area (Å²) < 4.78 is 0. The molecule has 4 nitrogen and oxygen atoms in total. The minimum Gasteiger partial charge on any atom is -0.399 e. The summed E-state index contributed by atoms with van der Waals surface area (Å²) >= 11 is 0. The molecule has 0 atom stereocenters. The van der Waals surface area contributed by atoms with Crippen molar-refractivity contribution < 1.29 is 0 Å². The molecule has 0 heterocycles. The maximum atomic E-state index is 5.56. The quantitative estimate of drug-likeness (QED) is 0.462. The Morgan fingerprint density at radius 2 is 2.00 bits per heavy atom. The smallest absolute Gasteiger partial charge is 0.0858 e. The Morgan fingerprint density at radius 1 is 1.29 bits per heavy atom. The SMILES string of the molecule is C=C(/C=C\C=C/NC)/N=N/c1ccc(N)cc1. The molecule has 88 valence electrons. The van der Waals surface area contributed by atoms with E-state index >= 15 is 0 Å². The lowest BCUT2D eigenvalue weighted by molar-refractivity contribution is 1.10. The molecule has 0 amide bonds.